The average Bonchev–Trinajstić information content (AvgIpc) is 3.70. The van der Waals surface area contributed by atoms with Gasteiger partial charge in [0.05, 0.1) is 42.8 Å². The van der Waals surface area contributed by atoms with Gasteiger partial charge in [-0.2, -0.15) is 4.98 Å². The van der Waals surface area contributed by atoms with E-state index in [2.05, 4.69) is 24.9 Å². The molecule has 0 bridgehead atoms. The summed E-state index contributed by atoms with van der Waals surface area (Å²) in [5.74, 6) is 0.143. The van der Waals surface area contributed by atoms with Crippen LogP contribution in [0.3, 0.4) is 0 Å². The molecule has 220 valence electrons. The Balaban J connectivity index is 1.16. The van der Waals surface area contributed by atoms with Crippen molar-refractivity contribution in [1.29, 1.82) is 0 Å². The maximum atomic E-state index is 12.2. The lowest BCUT2D eigenvalue weighted by Gasteiger charge is -2.27. The zero-order valence-corrected chi connectivity index (χ0v) is 23.0. The Hall–Kier alpha value is -3.06. The monoisotopic (exact) mass is 609 g/mol. The number of hydrogen-bond donors (Lipinski definition) is 7. The quantitative estimate of drug-likeness (QED) is 0.115. The van der Waals surface area contributed by atoms with Crippen molar-refractivity contribution in [2.45, 2.75) is 55.4 Å². The number of aliphatic hydroxyl groups excluding tert-OH is 3. The van der Waals surface area contributed by atoms with Crippen LogP contribution in [0.5, 0.6) is 0 Å². The summed E-state index contributed by atoms with van der Waals surface area (Å²) in [5, 5.41) is 31.7. The molecule has 0 aliphatic carbocycles. The third-order valence-electron chi connectivity index (χ3n) is 7.34. The van der Waals surface area contributed by atoms with E-state index in [0.29, 0.717) is 11.0 Å². The number of H-pyrrole nitrogens is 1. The highest BCUT2D eigenvalue weighted by atomic mass is 32.5. The molecule has 0 radical (unpaired) electrons. The number of nitrogens with one attached hydrogen (secondary N) is 1. The minimum absolute atomic E-state index is 0.0197. The van der Waals surface area contributed by atoms with Gasteiger partial charge in [-0.05, 0) is 24.3 Å². The first-order chi connectivity index (χ1) is 19.6. The van der Waals surface area contributed by atoms with Crippen molar-refractivity contribution in [3.8, 4) is 0 Å². The Morgan fingerprint density at radius 2 is 1.95 bits per heavy atom. The molecule has 4 aromatic rings. The van der Waals surface area contributed by atoms with Gasteiger partial charge in [-0.15, -0.1) is 0 Å². The van der Waals surface area contributed by atoms with Crippen LogP contribution in [0.15, 0.2) is 29.7 Å². The highest BCUT2D eigenvalue weighted by molar-refractivity contribution is 8.09. The number of aromatic nitrogens is 7. The molecule has 17 nitrogen and oxygen atoms in total. The molecule has 0 aromatic carbocycles. The molecule has 2 aliphatic heterocycles. The van der Waals surface area contributed by atoms with Gasteiger partial charge in [0, 0.05) is 12.6 Å². The average molecular weight is 610 g/mol. The van der Waals surface area contributed by atoms with Crippen LogP contribution in [-0.2, 0) is 25.8 Å². The maximum Gasteiger partial charge on any atom is 0.280 e. The Morgan fingerprint density at radius 3 is 2.73 bits per heavy atom. The van der Waals surface area contributed by atoms with E-state index in [0.717, 1.165) is 0 Å². The second kappa shape index (κ2) is 10.6. The Bertz CT molecular complexity index is 1700. The first-order valence-electron chi connectivity index (χ1n) is 12.6. The lowest BCUT2D eigenvalue weighted by molar-refractivity contribution is -0.0396. The van der Waals surface area contributed by atoms with Gasteiger partial charge in [0.25, 0.3) is 5.56 Å². The summed E-state index contributed by atoms with van der Waals surface area (Å²) in [6.07, 6.45) is -1.43. The number of aliphatic hydroxyl groups is 3. The molecule has 2 fully saturated rings. The number of hydrogen-bond acceptors (Lipinski definition) is 14. The summed E-state index contributed by atoms with van der Waals surface area (Å²) in [4.78, 5) is 42.3. The topological polar surface area (TPSA) is 255 Å². The molecule has 8 atom stereocenters. The standard InChI is InChI=1S/C22H28N9O8PS/c23-16-10-1-3-30(17(10)26-7-25-16)21-15(34)14(33)11(39-21)2-4-37-40(36,41)12-5-9(6-32)38-20(12)31-8-27-13-18(31)28-22(24)29-19(13)35/h1,3,7-9,11-12,14-15,20-21,32-34H,2,4-6H2,(H,36,41)(H2,23,25,26)(H3,24,28,29,35)/t9?,11-,12-,14-,15-,20-,21-,40?/m1/s1. The van der Waals surface area contributed by atoms with Gasteiger partial charge in [-0.25, -0.2) is 15.0 Å². The van der Waals surface area contributed by atoms with Crippen LogP contribution in [0, 0.1) is 0 Å². The predicted molar refractivity (Wildman–Crippen MR) is 147 cm³/mol. The van der Waals surface area contributed by atoms with E-state index in [-0.39, 0.29) is 49.0 Å². The first-order valence-corrected chi connectivity index (χ1v) is 15.4. The highest BCUT2D eigenvalue weighted by Crippen LogP contribution is 2.57. The molecule has 2 aliphatic rings. The SMILES string of the molecule is Nc1nc2c(ncn2[C@@H]2OC(CO)C[C@H]2P(O)(=S)OCC[C@H]2O[C@@H](n3ccc4c(N)ncnc43)[C@H](O)[C@@H]2O)c(=O)[nH]1. The third-order valence-corrected chi connectivity index (χ3v) is 10.3. The van der Waals surface area contributed by atoms with Gasteiger partial charge >= 0.3 is 0 Å². The van der Waals surface area contributed by atoms with E-state index >= 15 is 0 Å². The molecule has 0 spiro atoms. The van der Waals surface area contributed by atoms with Gasteiger partial charge in [0.1, 0.15) is 36.2 Å². The maximum absolute atomic E-state index is 12.2. The van der Waals surface area contributed by atoms with Crippen LogP contribution in [-0.4, -0.2) is 97.6 Å². The molecule has 41 heavy (non-hydrogen) atoms. The molecule has 4 aromatic heterocycles. The predicted octanol–water partition coefficient (Wildman–Crippen LogP) is -1.29. The Morgan fingerprint density at radius 1 is 1.15 bits per heavy atom. The van der Waals surface area contributed by atoms with Crippen LogP contribution >= 0.6 is 6.49 Å². The van der Waals surface area contributed by atoms with Gasteiger partial charge < -0.3 is 50.2 Å². The second-order valence-corrected chi connectivity index (χ2v) is 13.5. The number of fused-ring (bicyclic) bond motifs is 2. The van der Waals surface area contributed by atoms with E-state index in [9.17, 15) is 25.0 Å². The van der Waals surface area contributed by atoms with E-state index < -0.39 is 54.6 Å². The van der Waals surface area contributed by atoms with Crippen molar-refractivity contribution in [1.82, 2.24) is 34.1 Å². The fraction of sp³-hybridized carbons (Fsp3) is 0.500. The molecule has 2 saturated heterocycles. The van der Waals surface area contributed by atoms with Crippen molar-refractivity contribution in [3.63, 3.8) is 0 Å². The number of rotatable bonds is 8. The highest BCUT2D eigenvalue weighted by Gasteiger charge is 2.47. The number of nitrogens with zero attached hydrogens (tertiary/aromatic N) is 6. The van der Waals surface area contributed by atoms with Crippen molar-refractivity contribution in [2.24, 2.45) is 0 Å². The summed E-state index contributed by atoms with van der Waals surface area (Å²) in [5.41, 5.74) is 10.9. The second-order valence-electron chi connectivity index (χ2n) is 9.86. The molecular formula is C22H28N9O8PS. The summed E-state index contributed by atoms with van der Waals surface area (Å²) in [6, 6.07) is 1.69. The van der Waals surface area contributed by atoms with Crippen LogP contribution in [0.2, 0.25) is 0 Å². The fourth-order valence-corrected chi connectivity index (χ4v) is 7.70. The lowest BCUT2D eigenvalue weighted by Crippen LogP contribution is -2.32. The van der Waals surface area contributed by atoms with E-state index in [4.69, 9.17) is 37.3 Å². The van der Waals surface area contributed by atoms with Gasteiger partial charge in [-0.3, -0.25) is 14.3 Å². The number of nitrogen functional groups attached to an aromatic ring is 2. The zero-order valence-electron chi connectivity index (χ0n) is 21.3. The molecular weight excluding hydrogens is 581 g/mol. The van der Waals surface area contributed by atoms with Crippen molar-refractivity contribution >= 4 is 52.3 Å². The molecule has 19 heteroatoms. The fourth-order valence-electron chi connectivity index (χ4n) is 5.31. The van der Waals surface area contributed by atoms with Crippen molar-refractivity contribution < 1.29 is 34.2 Å². The van der Waals surface area contributed by atoms with Gasteiger partial charge in [0.2, 0.25) is 5.95 Å². The van der Waals surface area contributed by atoms with Gasteiger partial charge in [0.15, 0.2) is 23.9 Å². The summed E-state index contributed by atoms with van der Waals surface area (Å²) >= 11 is 5.53. The van der Waals surface area contributed by atoms with Crippen molar-refractivity contribution in [3.05, 3.63) is 35.3 Å². The molecule has 6 heterocycles. The summed E-state index contributed by atoms with van der Waals surface area (Å²) in [7, 11) is 0. The van der Waals surface area contributed by atoms with Crippen LogP contribution in [0.1, 0.15) is 25.3 Å². The van der Waals surface area contributed by atoms with Gasteiger partial charge in [-0.1, -0.05) is 0 Å². The minimum Gasteiger partial charge on any atom is -0.394 e. The largest absolute Gasteiger partial charge is 0.394 e. The number of ether oxygens (including phenoxy) is 2. The van der Waals surface area contributed by atoms with Crippen LogP contribution < -0.4 is 17.0 Å². The summed E-state index contributed by atoms with van der Waals surface area (Å²) in [6.45, 7) is -4.06. The number of aromatic amines is 1. The van der Waals surface area contributed by atoms with E-state index in [1.165, 1.54) is 17.2 Å². The zero-order chi connectivity index (χ0) is 29.1. The Kier molecular flexibility index (Phi) is 7.29. The molecule has 2 unspecified atom stereocenters. The summed E-state index contributed by atoms with van der Waals surface area (Å²) < 4.78 is 20.7. The third kappa shape index (κ3) is 4.90. The lowest BCUT2D eigenvalue weighted by atomic mass is 10.1. The van der Waals surface area contributed by atoms with Crippen molar-refractivity contribution in [2.75, 3.05) is 24.7 Å². The first kappa shape index (κ1) is 28.1. The van der Waals surface area contributed by atoms with E-state index in [1.807, 2.05) is 0 Å². The number of anilines is 2. The molecule has 0 amide bonds. The molecule has 0 saturated carbocycles. The molecule has 6 rings (SSSR count). The minimum atomic E-state index is -3.62. The molecule has 9 N–H and O–H groups in total. The Labute approximate surface area is 235 Å². The van der Waals surface area contributed by atoms with Crippen LogP contribution in [0.4, 0.5) is 11.8 Å². The smallest absolute Gasteiger partial charge is 0.280 e. The number of nitrogens with two attached hydrogens (primary N) is 2. The number of imidazole rings is 1. The van der Waals surface area contributed by atoms with E-state index in [1.54, 1.807) is 16.8 Å². The van der Waals surface area contributed by atoms with Crippen LogP contribution in [0.25, 0.3) is 22.2 Å². The normalized spacial score (nSPS) is 29.9.